The summed E-state index contributed by atoms with van der Waals surface area (Å²) in [5.41, 5.74) is 0.412. The Labute approximate surface area is 143 Å². The summed E-state index contributed by atoms with van der Waals surface area (Å²) in [5, 5.41) is 4.79. The number of anilines is 2. The molecule has 0 fully saturated rings. The zero-order valence-electron chi connectivity index (χ0n) is 12.4. The second kappa shape index (κ2) is 7.61. The Balaban J connectivity index is 1.96. The van der Waals surface area contributed by atoms with Crippen LogP contribution < -0.4 is 10.6 Å². The molecular weight excluding hydrogens is 394 g/mol. The van der Waals surface area contributed by atoms with Crippen LogP contribution in [0.15, 0.2) is 22.7 Å². The van der Waals surface area contributed by atoms with Crippen LogP contribution in [0.1, 0.15) is 12.0 Å². The van der Waals surface area contributed by atoms with Gasteiger partial charge in [-0.05, 0) is 30.7 Å². The lowest BCUT2D eigenvalue weighted by Gasteiger charge is -2.11. The van der Waals surface area contributed by atoms with Crippen LogP contribution in [0.4, 0.5) is 28.9 Å². The second-order valence-electron chi connectivity index (χ2n) is 4.88. The number of carbonyl (C=O) groups excluding carboxylic acids is 1. The molecule has 128 valence electrons. The van der Waals surface area contributed by atoms with Crippen LogP contribution in [0.25, 0.3) is 0 Å². The minimum Gasteiger partial charge on any atom is -0.379 e. The number of nitrogens with zero attached hydrogens (tertiary/aromatic N) is 1. The summed E-state index contributed by atoms with van der Waals surface area (Å²) in [6.07, 6.45) is -0.167. The Morgan fingerprint density at radius 2 is 1.79 bits per heavy atom. The van der Waals surface area contributed by atoms with Crippen molar-refractivity contribution in [1.29, 1.82) is 0 Å². The van der Waals surface area contributed by atoms with Crippen molar-refractivity contribution >= 4 is 33.2 Å². The Morgan fingerprint density at radius 3 is 2.38 bits per heavy atom. The maximum Gasteiger partial charge on any atom is 0.253 e. The smallest absolute Gasteiger partial charge is 0.253 e. The fraction of sp³-hybridized carbons (Fsp3) is 0.200. The van der Waals surface area contributed by atoms with E-state index < -0.39 is 35.1 Å². The second-order valence-corrected chi connectivity index (χ2v) is 5.80. The molecule has 2 rings (SSSR count). The standard InChI is InChI=1S/C15H12BrF4N3O/c1-7-6-8(16)2-3-9(7)22-10(24)4-5-21-13-11(17)14(19)23-15(20)12(13)18/h2-3,6H,4-5H2,1H3,(H,21,23)(H,22,24). The average Bonchev–Trinajstić information content (AvgIpc) is 2.51. The Hall–Kier alpha value is -2.16. The van der Waals surface area contributed by atoms with E-state index in [-0.39, 0.29) is 13.0 Å². The van der Waals surface area contributed by atoms with Crippen molar-refractivity contribution in [3.8, 4) is 0 Å². The molecule has 0 radical (unpaired) electrons. The SMILES string of the molecule is Cc1cc(Br)ccc1NC(=O)CCNc1c(F)c(F)nc(F)c1F. The molecule has 0 saturated heterocycles. The summed E-state index contributed by atoms with van der Waals surface area (Å²) in [5.74, 6) is -7.22. The summed E-state index contributed by atoms with van der Waals surface area (Å²) >= 11 is 3.30. The molecule has 1 aromatic heterocycles. The van der Waals surface area contributed by atoms with E-state index in [4.69, 9.17) is 0 Å². The van der Waals surface area contributed by atoms with E-state index in [1.165, 1.54) is 0 Å². The van der Waals surface area contributed by atoms with E-state index in [2.05, 4.69) is 31.5 Å². The van der Waals surface area contributed by atoms with Gasteiger partial charge in [0.05, 0.1) is 0 Å². The van der Waals surface area contributed by atoms with Gasteiger partial charge in [-0.1, -0.05) is 15.9 Å². The van der Waals surface area contributed by atoms with E-state index in [1.807, 2.05) is 0 Å². The highest BCUT2D eigenvalue weighted by molar-refractivity contribution is 9.10. The van der Waals surface area contributed by atoms with E-state index in [0.717, 1.165) is 10.0 Å². The predicted molar refractivity (Wildman–Crippen MR) is 84.7 cm³/mol. The lowest BCUT2D eigenvalue weighted by molar-refractivity contribution is -0.115. The summed E-state index contributed by atoms with van der Waals surface area (Å²) in [7, 11) is 0. The van der Waals surface area contributed by atoms with E-state index in [9.17, 15) is 22.4 Å². The normalized spacial score (nSPS) is 10.6. The fourth-order valence-corrected chi connectivity index (χ4v) is 2.40. The molecule has 2 N–H and O–H groups in total. The van der Waals surface area contributed by atoms with Crippen molar-refractivity contribution in [3.63, 3.8) is 0 Å². The number of hydrogen-bond donors (Lipinski definition) is 2. The number of halogens is 5. The Morgan fingerprint density at radius 1 is 1.17 bits per heavy atom. The van der Waals surface area contributed by atoms with Crippen LogP contribution in [-0.4, -0.2) is 17.4 Å². The highest BCUT2D eigenvalue weighted by atomic mass is 79.9. The third kappa shape index (κ3) is 4.22. The van der Waals surface area contributed by atoms with E-state index in [1.54, 1.807) is 25.1 Å². The first-order valence-corrected chi connectivity index (χ1v) is 7.58. The quantitative estimate of drug-likeness (QED) is 0.580. The number of pyridine rings is 1. The van der Waals surface area contributed by atoms with Crippen molar-refractivity contribution in [2.24, 2.45) is 0 Å². The number of aromatic nitrogens is 1. The van der Waals surface area contributed by atoms with Crippen LogP contribution in [-0.2, 0) is 4.79 Å². The van der Waals surface area contributed by atoms with Gasteiger partial charge in [-0.15, -0.1) is 0 Å². The van der Waals surface area contributed by atoms with Crippen molar-refractivity contribution in [1.82, 2.24) is 4.98 Å². The molecule has 0 atom stereocenters. The molecule has 0 aliphatic heterocycles. The predicted octanol–water partition coefficient (Wildman–Crippen LogP) is 4.15. The molecule has 0 aliphatic carbocycles. The third-order valence-electron chi connectivity index (χ3n) is 3.11. The van der Waals surface area contributed by atoms with Gasteiger partial charge in [0.15, 0.2) is 0 Å². The molecule has 2 aromatic rings. The van der Waals surface area contributed by atoms with Gasteiger partial charge in [0, 0.05) is 23.1 Å². The first kappa shape index (κ1) is 18.2. The molecule has 0 spiro atoms. The van der Waals surface area contributed by atoms with Crippen LogP contribution >= 0.6 is 15.9 Å². The number of rotatable bonds is 5. The maximum absolute atomic E-state index is 13.4. The number of hydrogen-bond acceptors (Lipinski definition) is 3. The largest absolute Gasteiger partial charge is 0.379 e. The van der Waals surface area contributed by atoms with Gasteiger partial charge in [-0.3, -0.25) is 4.79 Å². The molecule has 9 heteroatoms. The number of aryl methyl sites for hydroxylation is 1. The van der Waals surface area contributed by atoms with E-state index in [0.29, 0.717) is 5.69 Å². The zero-order chi connectivity index (χ0) is 17.9. The summed E-state index contributed by atoms with van der Waals surface area (Å²) in [4.78, 5) is 14.3. The highest BCUT2D eigenvalue weighted by Crippen LogP contribution is 2.22. The summed E-state index contributed by atoms with van der Waals surface area (Å²) in [6, 6.07) is 5.24. The Kier molecular flexibility index (Phi) is 5.76. The van der Waals surface area contributed by atoms with Gasteiger partial charge < -0.3 is 10.6 Å². The maximum atomic E-state index is 13.4. The summed E-state index contributed by atoms with van der Waals surface area (Å²) < 4.78 is 53.5. The molecule has 0 aliphatic rings. The number of nitrogens with one attached hydrogen (secondary N) is 2. The summed E-state index contributed by atoms with van der Waals surface area (Å²) in [6.45, 7) is 1.57. The fourth-order valence-electron chi connectivity index (χ4n) is 1.92. The van der Waals surface area contributed by atoms with Gasteiger partial charge in [-0.2, -0.15) is 22.5 Å². The number of benzene rings is 1. The Bertz CT molecular complexity index is 760. The van der Waals surface area contributed by atoms with Crippen molar-refractivity contribution in [3.05, 3.63) is 51.8 Å². The highest BCUT2D eigenvalue weighted by Gasteiger charge is 2.20. The van der Waals surface area contributed by atoms with Gasteiger partial charge in [0.25, 0.3) is 11.9 Å². The lowest BCUT2D eigenvalue weighted by atomic mass is 10.2. The van der Waals surface area contributed by atoms with Gasteiger partial charge >= 0.3 is 0 Å². The topological polar surface area (TPSA) is 54.0 Å². The minimum atomic E-state index is -1.76. The van der Waals surface area contributed by atoms with E-state index >= 15 is 0 Å². The molecule has 0 saturated carbocycles. The average molecular weight is 406 g/mol. The molecule has 1 amide bonds. The number of carbonyl (C=O) groups is 1. The molecule has 4 nitrogen and oxygen atoms in total. The van der Waals surface area contributed by atoms with Gasteiger partial charge in [0.2, 0.25) is 17.5 Å². The molecule has 1 aromatic carbocycles. The molecule has 24 heavy (non-hydrogen) atoms. The number of amides is 1. The van der Waals surface area contributed by atoms with Crippen molar-refractivity contribution in [2.45, 2.75) is 13.3 Å². The van der Waals surface area contributed by atoms with Gasteiger partial charge in [0.1, 0.15) is 5.69 Å². The van der Waals surface area contributed by atoms with Crippen molar-refractivity contribution in [2.75, 3.05) is 17.2 Å². The van der Waals surface area contributed by atoms with Crippen LogP contribution in [0.2, 0.25) is 0 Å². The molecule has 0 bridgehead atoms. The van der Waals surface area contributed by atoms with Gasteiger partial charge in [-0.25, -0.2) is 0 Å². The minimum absolute atomic E-state index is 0.167. The van der Waals surface area contributed by atoms with Crippen LogP contribution in [0.3, 0.4) is 0 Å². The third-order valence-corrected chi connectivity index (χ3v) is 3.61. The molecule has 0 unspecified atom stereocenters. The van der Waals surface area contributed by atoms with Crippen LogP contribution in [0.5, 0.6) is 0 Å². The molecule has 1 heterocycles. The van der Waals surface area contributed by atoms with Crippen molar-refractivity contribution < 1.29 is 22.4 Å². The first-order chi connectivity index (χ1) is 11.3. The molecular formula is C15H12BrF4N3O. The lowest BCUT2D eigenvalue weighted by Crippen LogP contribution is -2.18. The first-order valence-electron chi connectivity index (χ1n) is 6.79. The zero-order valence-corrected chi connectivity index (χ0v) is 14.0. The van der Waals surface area contributed by atoms with Crippen LogP contribution in [0, 0.1) is 30.5 Å². The monoisotopic (exact) mass is 405 g/mol.